The molecule has 11 heteroatoms. The first-order chi connectivity index (χ1) is 22.2. The lowest BCUT2D eigenvalue weighted by atomic mass is 10.1. The summed E-state index contributed by atoms with van der Waals surface area (Å²) in [6, 6.07) is 16.7. The molecule has 2 N–H and O–H groups in total. The second kappa shape index (κ2) is 20.0. The molecule has 0 aliphatic rings. The number of rotatable bonds is 18. The van der Waals surface area contributed by atoms with E-state index in [1.165, 1.54) is 87.2 Å². The van der Waals surface area contributed by atoms with Crippen LogP contribution < -0.4 is 20.2 Å². The first-order valence-corrected chi connectivity index (χ1v) is 16.2. The van der Waals surface area contributed by atoms with Crippen molar-refractivity contribution in [3.05, 3.63) is 93.5 Å². The molecule has 0 aliphatic heterocycles. The summed E-state index contributed by atoms with van der Waals surface area (Å²) in [6.45, 7) is 1.97. The van der Waals surface area contributed by atoms with Crippen LogP contribution in [0.3, 0.4) is 0 Å². The van der Waals surface area contributed by atoms with Crippen molar-refractivity contribution in [2.24, 2.45) is 5.10 Å². The van der Waals surface area contributed by atoms with Crippen LogP contribution in [0.25, 0.3) is 0 Å². The van der Waals surface area contributed by atoms with Crippen LogP contribution in [0.5, 0.6) is 11.5 Å². The number of carbonyl (C=O) groups is 4. The highest BCUT2D eigenvalue weighted by Crippen LogP contribution is 2.26. The molecule has 2 amide bonds. The number of unbranched alkanes of at least 4 members (excludes halogenated alkanes) is 8. The van der Waals surface area contributed by atoms with Crippen LogP contribution in [0, 0.1) is 0 Å². The van der Waals surface area contributed by atoms with Crippen molar-refractivity contribution in [1.82, 2.24) is 10.7 Å². The standard InChI is InChI=1S/C35H39Cl2N3O6/c1-2-3-4-5-6-7-8-9-10-11-32(41)38-24-33(42)40-39-23-27-16-21-30(45-34(43)25-12-17-28(36)18-13-25)22-31(27)46-35(44)26-14-19-29(37)20-15-26/h12-23H,2-11,24H2,1H3,(H,38,41)(H,40,42). The van der Waals surface area contributed by atoms with Gasteiger partial charge in [-0.05, 0) is 67.1 Å². The Balaban J connectivity index is 1.54. The van der Waals surface area contributed by atoms with E-state index in [2.05, 4.69) is 22.8 Å². The second-order valence-electron chi connectivity index (χ2n) is 10.6. The fourth-order valence-corrected chi connectivity index (χ4v) is 4.60. The van der Waals surface area contributed by atoms with E-state index in [9.17, 15) is 19.2 Å². The van der Waals surface area contributed by atoms with E-state index in [4.69, 9.17) is 32.7 Å². The van der Waals surface area contributed by atoms with Crippen LogP contribution in [0.4, 0.5) is 0 Å². The molecule has 3 aromatic rings. The molecular formula is C35H39Cl2N3O6. The molecule has 3 rings (SSSR count). The number of amides is 2. The molecule has 0 spiro atoms. The first-order valence-electron chi connectivity index (χ1n) is 15.4. The molecule has 46 heavy (non-hydrogen) atoms. The van der Waals surface area contributed by atoms with E-state index in [1.807, 2.05) is 0 Å². The van der Waals surface area contributed by atoms with Crippen molar-refractivity contribution in [3.8, 4) is 11.5 Å². The lowest BCUT2D eigenvalue weighted by molar-refractivity contribution is -0.126. The predicted octanol–water partition coefficient (Wildman–Crippen LogP) is 7.92. The molecule has 0 heterocycles. The van der Waals surface area contributed by atoms with Gasteiger partial charge in [0.2, 0.25) is 5.91 Å². The quantitative estimate of drug-likeness (QED) is 0.0467. The van der Waals surface area contributed by atoms with Gasteiger partial charge in [0.15, 0.2) is 0 Å². The number of hydrogen-bond acceptors (Lipinski definition) is 7. The van der Waals surface area contributed by atoms with E-state index >= 15 is 0 Å². The van der Waals surface area contributed by atoms with Gasteiger partial charge < -0.3 is 14.8 Å². The summed E-state index contributed by atoms with van der Waals surface area (Å²) in [4.78, 5) is 49.8. The smallest absolute Gasteiger partial charge is 0.343 e. The highest BCUT2D eigenvalue weighted by molar-refractivity contribution is 6.31. The normalized spacial score (nSPS) is 10.8. The summed E-state index contributed by atoms with van der Waals surface area (Å²) in [5, 5.41) is 7.46. The Morgan fingerprint density at radius 2 is 1.24 bits per heavy atom. The average Bonchev–Trinajstić information content (AvgIpc) is 3.04. The third-order valence-corrected chi connectivity index (χ3v) is 7.41. The lowest BCUT2D eigenvalue weighted by Crippen LogP contribution is -2.34. The van der Waals surface area contributed by atoms with Gasteiger partial charge in [-0.3, -0.25) is 9.59 Å². The molecule has 0 aliphatic carbocycles. The Morgan fingerprint density at radius 3 is 1.83 bits per heavy atom. The number of hydrogen-bond donors (Lipinski definition) is 2. The summed E-state index contributed by atoms with van der Waals surface area (Å²) in [7, 11) is 0. The van der Waals surface area contributed by atoms with Gasteiger partial charge in [0.05, 0.1) is 23.9 Å². The van der Waals surface area contributed by atoms with E-state index in [-0.39, 0.29) is 35.1 Å². The fraction of sp³-hybridized carbons (Fsp3) is 0.343. The molecule has 0 radical (unpaired) electrons. The van der Waals surface area contributed by atoms with Gasteiger partial charge in [0.1, 0.15) is 11.5 Å². The average molecular weight is 669 g/mol. The lowest BCUT2D eigenvalue weighted by Gasteiger charge is -2.11. The van der Waals surface area contributed by atoms with Gasteiger partial charge in [0.25, 0.3) is 5.91 Å². The molecule has 0 unspecified atom stereocenters. The van der Waals surface area contributed by atoms with Crippen molar-refractivity contribution in [2.75, 3.05) is 6.54 Å². The van der Waals surface area contributed by atoms with Gasteiger partial charge in [-0.25, -0.2) is 15.0 Å². The van der Waals surface area contributed by atoms with Crippen molar-refractivity contribution in [1.29, 1.82) is 0 Å². The molecular weight excluding hydrogens is 629 g/mol. The Bertz CT molecular complexity index is 1480. The molecule has 0 atom stereocenters. The number of halogens is 2. The van der Waals surface area contributed by atoms with Gasteiger partial charge in [0, 0.05) is 28.1 Å². The monoisotopic (exact) mass is 667 g/mol. The maximum Gasteiger partial charge on any atom is 0.343 e. The van der Waals surface area contributed by atoms with Gasteiger partial charge in [-0.15, -0.1) is 0 Å². The van der Waals surface area contributed by atoms with Gasteiger partial charge in [-0.1, -0.05) is 81.5 Å². The van der Waals surface area contributed by atoms with E-state index in [0.717, 1.165) is 19.3 Å². The van der Waals surface area contributed by atoms with E-state index in [1.54, 1.807) is 24.3 Å². The minimum absolute atomic E-state index is 0.0219. The molecule has 0 fully saturated rings. The van der Waals surface area contributed by atoms with Crippen LogP contribution in [-0.2, 0) is 9.59 Å². The third kappa shape index (κ3) is 13.4. The zero-order valence-corrected chi connectivity index (χ0v) is 27.4. The first kappa shape index (κ1) is 36.3. The van der Waals surface area contributed by atoms with Gasteiger partial charge >= 0.3 is 11.9 Å². The number of esters is 2. The van der Waals surface area contributed by atoms with Crippen LogP contribution in [0.1, 0.15) is 97.4 Å². The Labute approximate surface area is 279 Å². The van der Waals surface area contributed by atoms with Crippen LogP contribution in [0.15, 0.2) is 71.8 Å². The minimum Gasteiger partial charge on any atom is -0.423 e. The zero-order valence-electron chi connectivity index (χ0n) is 25.9. The van der Waals surface area contributed by atoms with E-state index < -0.39 is 17.8 Å². The Kier molecular flexibility index (Phi) is 15.8. The molecule has 0 aromatic heterocycles. The van der Waals surface area contributed by atoms with Gasteiger partial charge in [-0.2, -0.15) is 5.10 Å². The van der Waals surface area contributed by atoms with Crippen LogP contribution >= 0.6 is 23.2 Å². The number of benzene rings is 3. The Hall–Kier alpha value is -4.21. The highest BCUT2D eigenvalue weighted by Gasteiger charge is 2.15. The molecule has 0 saturated carbocycles. The summed E-state index contributed by atoms with van der Waals surface area (Å²) in [6.07, 6.45) is 12.0. The number of hydrazone groups is 1. The van der Waals surface area contributed by atoms with Crippen molar-refractivity contribution >= 4 is 53.2 Å². The summed E-state index contributed by atoms with van der Waals surface area (Å²) in [5.74, 6) is -1.91. The zero-order chi connectivity index (χ0) is 33.1. The Morgan fingerprint density at radius 1 is 0.696 bits per heavy atom. The second-order valence-corrected chi connectivity index (χ2v) is 11.5. The maximum atomic E-state index is 12.8. The largest absolute Gasteiger partial charge is 0.423 e. The number of nitrogens with zero attached hydrogens (tertiary/aromatic N) is 1. The molecule has 3 aromatic carbocycles. The van der Waals surface area contributed by atoms with Crippen molar-refractivity contribution < 1.29 is 28.7 Å². The summed E-state index contributed by atoms with van der Waals surface area (Å²) in [5.41, 5.74) is 3.17. The predicted molar refractivity (Wildman–Crippen MR) is 180 cm³/mol. The highest BCUT2D eigenvalue weighted by atomic mass is 35.5. The summed E-state index contributed by atoms with van der Waals surface area (Å²) < 4.78 is 11.0. The topological polar surface area (TPSA) is 123 Å². The molecule has 0 saturated heterocycles. The van der Waals surface area contributed by atoms with Crippen LogP contribution in [0.2, 0.25) is 10.0 Å². The maximum absolute atomic E-state index is 12.8. The minimum atomic E-state index is -0.689. The molecule has 0 bridgehead atoms. The SMILES string of the molecule is CCCCCCCCCCCC(=O)NCC(=O)NN=Cc1ccc(OC(=O)c2ccc(Cl)cc2)cc1OC(=O)c1ccc(Cl)cc1. The van der Waals surface area contributed by atoms with Crippen LogP contribution in [-0.4, -0.2) is 36.5 Å². The molecule has 9 nitrogen and oxygen atoms in total. The van der Waals surface area contributed by atoms with E-state index in [0.29, 0.717) is 22.0 Å². The van der Waals surface area contributed by atoms with Crippen molar-refractivity contribution in [3.63, 3.8) is 0 Å². The van der Waals surface area contributed by atoms with Crippen molar-refractivity contribution in [2.45, 2.75) is 71.1 Å². The third-order valence-electron chi connectivity index (χ3n) is 6.90. The fourth-order valence-electron chi connectivity index (χ4n) is 4.35. The molecule has 244 valence electrons. The number of ether oxygens (including phenoxy) is 2. The summed E-state index contributed by atoms with van der Waals surface area (Å²) >= 11 is 11.8. The number of carbonyl (C=O) groups excluding carboxylic acids is 4. The number of nitrogens with one attached hydrogen (secondary N) is 2.